The van der Waals surface area contributed by atoms with Crippen LogP contribution in [0.3, 0.4) is 0 Å². The number of carbonyl (C=O) groups excluding carboxylic acids is 1. The van der Waals surface area contributed by atoms with E-state index in [2.05, 4.69) is 10.5 Å². The van der Waals surface area contributed by atoms with E-state index in [0.29, 0.717) is 11.3 Å². The lowest BCUT2D eigenvalue weighted by Gasteiger charge is -2.11. The predicted octanol–water partition coefficient (Wildman–Crippen LogP) is 2.22. The van der Waals surface area contributed by atoms with Crippen molar-refractivity contribution in [3.63, 3.8) is 0 Å². The number of carbonyl (C=O) groups is 1. The number of amidine groups is 1. The number of nitrogens with two attached hydrogens (primary N) is 1. The second kappa shape index (κ2) is 5.36. The standard InChI is InChI=1S/C11H13N3O2S2/c1-6(4-10(12)14-16)13-11(15)9-5-8-7(18-9)2-3-17-8/h2-3,5-6,16H,4H2,1H3,(H2,12,14)(H,13,15). The highest BCUT2D eigenvalue weighted by Gasteiger charge is 2.14. The van der Waals surface area contributed by atoms with Gasteiger partial charge < -0.3 is 16.3 Å². The summed E-state index contributed by atoms with van der Waals surface area (Å²) in [4.78, 5) is 12.6. The maximum Gasteiger partial charge on any atom is 0.261 e. The zero-order valence-electron chi connectivity index (χ0n) is 9.71. The highest BCUT2D eigenvalue weighted by atomic mass is 32.1. The summed E-state index contributed by atoms with van der Waals surface area (Å²) in [5.74, 6) is -0.0170. The first-order chi connectivity index (χ1) is 8.60. The van der Waals surface area contributed by atoms with Crippen LogP contribution in [0.1, 0.15) is 23.0 Å². The van der Waals surface area contributed by atoms with E-state index >= 15 is 0 Å². The summed E-state index contributed by atoms with van der Waals surface area (Å²) in [5, 5.41) is 16.2. The molecule has 0 bridgehead atoms. The van der Waals surface area contributed by atoms with Crippen molar-refractivity contribution in [3.8, 4) is 0 Å². The summed E-state index contributed by atoms with van der Waals surface area (Å²) in [7, 11) is 0. The van der Waals surface area contributed by atoms with Crippen molar-refractivity contribution >= 4 is 43.8 Å². The van der Waals surface area contributed by atoms with Crippen LogP contribution in [-0.2, 0) is 0 Å². The number of fused-ring (bicyclic) bond motifs is 1. The minimum atomic E-state index is -0.173. The summed E-state index contributed by atoms with van der Waals surface area (Å²) in [6.45, 7) is 1.81. The Kier molecular flexibility index (Phi) is 3.83. The SMILES string of the molecule is CC(C/C(N)=N/O)NC(=O)c1cc2sccc2s1. The fourth-order valence-electron chi connectivity index (χ4n) is 1.58. The van der Waals surface area contributed by atoms with Gasteiger partial charge in [0, 0.05) is 21.9 Å². The minimum Gasteiger partial charge on any atom is -0.409 e. The van der Waals surface area contributed by atoms with Crippen LogP contribution in [0.5, 0.6) is 0 Å². The molecule has 0 aliphatic carbocycles. The zero-order chi connectivity index (χ0) is 13.1. The van der Waals surface area contributed by atoms with E-state index in [1.165, 1.54) is 11.3 Å². The van der Waals surface area contributed by atoms with Crippen LogP contribution in [0, 0.1) is 0 Å². The lowest BCUT2D eigenvalue weighted by molar-refractivity contribution is 0.0945. The van der Waals surface area contributed by atoms with Crippen molar-refractivity contribution in [2.45, 2.75) is 19.4 Å². The predicted molar refractivity (Wildman–Crippen MR) is 74.7 cm³/mol. The van der Waals surface area contributed by atoms with Crippen LogP contribution in [0.25, 0.3) is 9.40 Å². The Morgan fingerprint density at radius 1 is 1.61 bits per heavy atom. The lowest BCUT2D eigenvalue weighted by atomic mass is 10.2. The van der Waals surface area contributed by atoms with E-state index in [-0.39, 0.29) is 17.8 Å². The van der Waals surface area contributed by atoms with Crippen molar-refractivity contribution in [1.82, 2.24) is 5.32 Å². The Labute approximate surface area is 112 Å². The van der Waals surface area contributed by atoms with Crippen molar-refractivity contribution in [2.75, 3.05) is 0 Å². The number of hydrogen-bond acceptors (Lipinski definition) is 5. The van der Waals surface area contributed by atoms with Crippen LogP contribution in [-0.4, -0.2) is 23.0 Å². The molecule has 4 N–H and O–H groups in total. The zero-order valence-corrected chi connectivity index (χ0v) is 11.3. The number of oxime groups is 1. The molecule has 2 heterocycles. The van der Waals surface area contributed by atoms with Crippen molar-refractivity contribution < 1.29 is 10.0 Å². The smallest absolute Gasteiger partial charge is 0.261 e. The van der Waals surface area contributed by atoms with Gasteiger partial charge in [-0.2, -0.15) is 0 Å². The summed E-state index contributed by atoms with van der Waals surface area (Å²) < 4.78 is 2.24. The molecule has 0 saturated heterocycles. The second-order valence-corrected chi connectivity index (χ2v) is 5.96. The number of amides is 1. The lowest BCUT2D eigenvalue weighted by Crippen LogP contribution is -2.35. The molecule has 1 amide bonds. The Balaban J connectivity index is 2.01. The number of nitrogens with one attached hydrogen (secondary N) is 1. The van der Waals surface area contributed by atoms with Crippen LogP contribution < -0.4 is 11.1 Å². The third-order valence-electron chi connectivity index (χ3n) is 2.38. The van der Waals surface area contributed by atoms with Gasteiger partial charge in [-0.25, -0.2) is 0 Å². The van der Waals surface area contributed by atoms with Crippen LogP contribution in [0.4, 0.5) is 0 Å². The Morgan fingerprint density at radius 3 is 3.06 bits per heavy atom. The number of rotatable bonds is 4. The van der Waals surface area contributed by atoms with E-state index in [0.717, 1.165) is 9.40 Å². The topological polar surface area (TPSA) is 87.7 Å². The quantitative estimate of drug-likeness (QED) is 0.348. The van der Waals surface area contributed by atoms with Crippen molar-refractivity contribution in [1.29, 1.82) is 0 Å². The molecule has 96 valence electrons. The number of thiophene rings is 2. The Hall–Kier alpha value is -1.60. The minimum absolute atomic E-state index is 0.106. The number of nitrogens with zero attached hydrogens (tertiary/aromatic N) is 1. The van der Waals surface area contributed by atoms with Crippen molar-refractivity contribution in [3.05, 3.63) is 22.4 Å². The Bertz CT molecular complexity index is 559. The van der Waals surface area contributed by atoms with Gasteiger partial charge in [-0.1, -0.05) is 5.16 Å². The highest BCUT2D eigenvalue weighted by molar-refractivity contribution is 7.27. The maximum absolute atomic E-state index is 12.0. The molecule has 0 aromatic carbocycles. The van der Waals surface area contributed by atoms with E-state index in [4.69, 9.17) is 10.9 Å². The van der Waals surface area contributed by atoms with Gasteiger partial charge in [0.2, 0.25) is 0 Å². The first-order valence-electron chi connectivity index (χ1n) is 5.34. The molecule has 0 saturated carbocycles. The second-order valence-electron chi connectivity index (χ2n) is 3.93. The molecule has 2 rings (SSSR count). The molecule has 1 unspecified atom stereocenters. The summed E-state index contributed by atoms with van der Waals surface area (Å²) in [5.41, 5.74) is 5.39. The molecule has 0 aliphatic rings. The van der Waals surface area contributed by atoms with Gasteiger partial charge in [-0.3, -0.25) is 4.79 Å². The molecule has 0 fully saturated rings. The molecule has 0 aliphatic heterocycles. The van der Waals surface area contributed by atoms with Crippen LogP contribution in [0.2, 0.25) is 0 Å². The van der Waals surface area contributed by atoms with E-state index in [9.17, 15) is 4.79 Å². The Morgan fingerprint density at radius 2 is 2.39 bits per heavy atom. The molecule has 2 aromatic rings. The fourth-order valence-corrected chi connectivity index (χ4v) is 3.59. The van der Waals surface area contributed by atoms with E-state index in [1.807, 2.05) is 24.4 Å². The molecule has 2 aromatic heterocycles. The molecule has 18 heavy (non-hydrogen) atoms. The molecule has 0 spiro atoms. The fraction of sp³-hybridized carbons (Fsp3) is 0.273. The summed E-state index contributed by atoms with van der Waals surface area (Å²) >= 11 is 3.08. The van der Waals surface area contributed by atoms with Gasteiger partial charge in [0.1, 0.15) is 5.84 Å². The van der Waals surface area contributed by atoms with Gasteiger partial charge in [0.25, 0.3) is 5.91 Å². The normalized spacial score (nSPS) is 13.7. The third kappa shape index (κ3) is 2.80. The van der Waals surface area contributed by atoms with Gasteiger partial charge >= 0.3 is 0 Å². The van der Waals surface area contributed by atoms with Crippen LogP contribution in [0.15, 0.2) is 22.7 Å². The molecule has 1 atom stereocenters. The van der Waals surface area contributed by atoms with E-state index < -0.39 is 0 Å². The van der Waals surface area contributed by atoms with Gasteiger partial charge in [-0.15, -0.1) is 22.7 Å². The molecular weight excluding hydrogens is 270 g/mol. The number of hydrogen-bond donors (Lipinski definition) is 3. The third-order valence-corrected chi connectivity index (χ3v) is 4.48. The largest absolute Gasteiger partial charge is 0.409 e. The van der Waals surface area contributed by atoms with Gasteiger partial charge in [0.05, 0.1) is 4.88 Å². The first kappa shape index (κ1) is 12.8. The van der Waals surface area contributed by atoms with Crippen molar-refractivity contribution in [2.24, 2.45) is 10.9 Å². The first-order valence-corrected chi connectivity index (χ1v) is 7.04. The summed E-state index contributed by atoms with van der Waals surface area (Å²) in [6, 6.07) is 3.71. The monoisotopic (exact) mass is 283 g/mol. The van der Waals surface area contributed by atoms with Crippen LogP contribution >= 0.6 is 22.7 Å². The maximum atomic E-state index is 12.0. The van der Waals surface area contributed by atoms with Gasteiger partial charge in [0.15, 0.2) is 0 Å². The molecule has 7 heteroatoms. The highest BCUT2D eigenvalue weighted by Crippen LogP contribution is 2.29. The van der Waals surface area contributed by atoms with Gasteiger partial charge in [-0.05, 0) is 24.4 Å². The molecular formula is C11H13N3O2S2. The average Bonchev–Trinajstić information content (AvgIpc) is 2.88. The average molecular weight is 283 g/mol. The summed E-state index contributed by atoms with van der Waals surface area (Å²) in [6.07, 6.45) is 0.321. The van der Waals surface area contributed by atoms with E-state index in [1.54, 1.807) is 11.3 Å². The molecule has 0 radical (unpaired) electrons. The molecule has 5 nitrogen and oxygen atoms in total.